The lowest BCUT2D eigenvalue weighted by Crippen LogP contribution is -2.23. The SMILES string of the molecule is CCc1cccc(CC)c1NC(=O)c1cc(-c2ccnc(Nc3ccc(C(=O)OC(C)(C)C)cc3C)n2)n(C)c1. The van der Waals surface area contributed by atoms with Gasteiger partial charge >= 0.3 is 5.97 Å². The average molecular weight is 540 g/mol. The topological polar surface area (TPSA) is 98.1 Å². The Morgan fingerprint density at radius 3 is 2.30 bits per heavy atom. The van der Waals surface area contributed by atoms with Gasteiger partial charge in [-0.2, -0.15) is 0 Å². The zero-order chi connectivity index (χ0) is 29.0. The number of benzene rings is 2. The summed E-state index contributed by atoms with van der Waals surface area (Å²) in [5, 5.41) is 6.37. The second kappa shape index (κ2) is 11.7. The summed E-state index contributed by atoms with van der Waals surface area (Å²) in [7, 11) is 1.89. The van der Waals surface area contributed by atoms with Gasteiger partial charge in [0, 0.05) is 30.8 Å². The Hall–Kier alpha value is -4.46. The zero-order valence-electron chi connectivity index (χ0n) is 24.3. The molecule has 8 heteroatoms. The number of aryl methyl sites for hydroxylation is 4. The number of rotatable bonds is 8. The largest absolute Gasteiger partial charge is 0.456 e. The average Bonchev–Trinajstić information content (AvgIpc) is 3.30. The summed E-state index contributed by atoms with van der Waals surface area (Å²) >= 11 is 0. The van der Waals surface area contributed by atoms with Crippen LogP contribution in [-0.4, -0.2) is 32.0 Å². The van der Waals surface area contributed by atoms with Crippen LogP contribution >= 0.6 is 0 Å². The van der Waals surface area contributed by atoms with Crippen molar-refractivity contribution in [1.29, 1.82) is 0 Å². The molecule has 0 fully saturated rings. The second-order valence-electron chi connectivity index (χ2n) is 10.8. The van der Waals surface area contributed by atoms with Crippen molar-refractivity contribution in [2.24, 2.45) is 7.05 Å². The van der Waals surface area contributed by atoms with E-state index in [0.29, 0.717) is 22.8 Å². The van der Waals surface area contributed by atoms with Gasteiger partial charge in [-0.1, -0.05) is 32.0 Å². The van der Waals surface area contributed by atoms with Crippen LogP contribution in [0.3, 0.4) is 0 Å². The lowest BCUT2D eigenvalue weighted by atomic mass is 10.0. The summed E-state index contributed by atoms with van der Waals surface area (Å²) in [6.07, 6.45) is 5.15. The van der Waals surface area contributed by atoms with Gasteiger partial charge in [0.05, 0.1) is 22.5 Å². The van der Waals surface area contributed by atoms with Crippen LogP contribution in [-0.2, 0) is 24.6 Å². The molecule has 2 aromatic carbocycles. The van der Waals surface area contributed by atoms with Gasteiger partial charge in [0.1, 0.15) is 5.60 Å². The van der Waals surface area contributed by atoms with Gasteiger partial charge in [0.15, 0.2) is 0 Å². The third-order valence-corrected chi connectivity index (χ3v) is 6.53. The van der Waals surface area contributed by atoms with E-state index in [0.717, 1.165) is 46.6 Å². The Balaban J connectivity index is 1.54. The molecule has 0 aliphatic carbocycles. The van der Waals surface area contributed by atoms with E-state index in [1.807, 2.05) is 75.7 Å². The lowest BCUT2D eigenvalue weighted by Gasteiger charge is -2.20. The normalized spacial score (nSPS) is 11.3. The number of para-hydroxylation sites is 1. The number of nitrogens with zero attached hydrogens (tertiary/aromatic N) is 3. The maximum absolute atomic E-state index is 13.2. The lowest BCUT2D eigenvalue weighted by molar-refractivity contribution is 0.00693. The first kappa shape index (κ1) is 28.5. The summed E-state index contributed by atoms with van der Waals surface area (Å²) in [6.45, 7) is 11.6. The molecule has 1 amide bonds. The Bertz CT molecular complexity index is 1530. The van der Waals surface area contributed by atoms with Gasteiger partial charge < -0.3 is 19.9 Å². The Kier molecular flexibility index (Phi) is 8.38. The van der Waals surface area contributed by atoms with E-state index in [-0.39, 0.29) is 11.9 Å². The molecule has 4 aromatic rings. The summed E-state index contributed by atoms with van der Waals surface area (Å²) in [6, 6.07) is 15.1. The van der Waals surface area contributed by atoms with E-state index >= 15 is 0 Å². The second-order valence-corrected chi connectivity index (χ2v) is 10.8. The number of carbonyl (C=O) groups excluding carboxylic acids is 2. The van der Waals surface area contributed by atoms with E-state index < -0.39 is 5.60 Å². The van der Waals surface area contributed by atoms with Crippen LogP contribution in [0.5, 0.6) is 0 Å². The number of carbonyl (C=O) groups is 2. The maximum Gasteiger partial charge on any atom is 0.338 e. The summed E-state index contributed by atoms with van der Waals surface area (Å²) < 4.78 is 7.36. The molecule has 0 spiro atoms. The number of nitrogens with one attached hydrogen (secondary N) is 2. The molecule has 0 bridgehead atoms. The van der Waals surface area contributed by atoms with Gasteiger partial charge in [-0.25, -0.2) is 14.8 Å². The fourth-order valence-electron chi connectivity index (χ4n) is 4.48. The van der Waals surface area contributed by atoms with Crippen molar-refractivity contribution in [3.05, 3.63) is 88.7 Å². The van der Waals surface area contributed by atoms with Crippen molar-refractivity contribution in [3.8, 4) is 11.4 Å². The van der Waals surface area contributed by atoms with Crippen molar-refractivity contribution in [2.45, 2.75) is 60.0 Å². The molecule has 4 rings (SSSR count). The van der Waals surface area contributed by atoms with E-state index in [9.17, 15) is 9.59 Å². The molecule has 0 atom stereocenters. The fourth-order valence-corrected chi connectivity index (χ4v) is 4.48. The first-order valence-electron chi connectivity index (χ1n) is 13.5. The predicted octanol–water partition coefficient (Wildman–Crippen LogP) is 6.87. The molecule has 208 valence electrons. The van der Waals surface area contributed by atoms with Crippen molar-refractivity contribution in [3.63, 3.8) is 0 Å². The highest BCUT2D eigenvalue weighted by atomic mass is 16.6. The molecule has 2 heterocycles. The first-order chi connectivity index (χ1) is 19.0. The molecule has 0 unspecified atom stereocenters. The van der Waals surface area contributed by atoms with Crippen LogP contribution in [0.4, 0.5) is 17.3 Å². The molecule has 8 nitrogen and oxygen atoms in total. The minimum Gasteiger partial charge on any atom is -0.456 e. The number of ether oxygens (including phenoxy) is 1. The molecular weight excluding hydrogens is 502 g/mol. The quantitative estimate of drug-likeness (QED) is 0.237. The molecule has 0 radical (unpaired) electrons. The predicted molar refractivity (Wildman–Crippen MR) is 159 cm³/mol. The highest BCUT2D eigenvalue weighted by molar-refractivity contribution is 6.05. The number of hydrogen-bond acceptors (Lipinski definition) is 6. The highest BCUT2D eigenvalue weighted by Crippen LogP contribution is 2.27. The maximum atomic E-state index is 13.2. The van der Waals surface area contributed by atoms with Gasteiger partial charge in [-0.3, -0.25) is 4.79 Å². The van der Waals surface area contributed by atoms with Gasteiger partial charge in [-0.15, -0.1) is 0 Å². The smallest absolute Gasteiger partial charge is 0.338 e. The minimum atomic E-state index is -0.563. The molecule has 0 saturated carbocycles. The Labute approximate surface area is 235 Å². The van der Waals surface area contributed by atoms with Crippen molar-refractivity contribution in [1.82, 2.24) is 14.5 Å². The van der Waals surface area contributed by atoms with E-state index in [2.05, 4.69) is 29.5 Å². The van der Waals surface area contributed by atoms with Gasteiger partial charge in [0.25, 0.3) is 5.91 Å². The van der Waals surface area contributed by atoms with Gasteiger partial charge in [-0.05, 0) is 87.6 Å². The Morgan fingerprint density at radius 2 is 1.68 bits per heavy atom. The van der Waals surface area contributed by atoms with Gasteiger partial charge in [0.2, 0.25) is 5.95 Å². The van der Waals surface area contributed by atoms with Crippen LogP contribution in [0, 0.1) is 6.92 Å². The highest BCUT2D eigenvalue weighted by Gasteiger charge is 2.19. The number of aromatic nitrogens is 3. The number of esters is 1. The third-order valence-electron chi connectivity index (χ3n) is 6.53. The summed E-state index contributed by atoms with van der Waals surface area (Å²) in [5.41, 5.74) is 6.68. The van der Waals surface area contributed by atoms with Crippen molar-refractivity contribution >= 4 is 29.2 Å². The molecule has 2 aromatic heterocycles. The van der Waals surface area contributed by atoms with Crippen LogP contribution in [0.15, 0.2) is 60.9 Å². The van der Waals surface area contributed by atoms with E-state index in [4.69, 9.17) is 9.72 Å². The molecule has 0 aliphatic rings. The monoisotopic (exact) mass is 539 g/mol. The summed E-state index contributed by atoms with van der Waals surface area (Å²) in [4.78, 5) is 34.7. The molecular formula is C32H37N5O3. The molecule has 40 heavy (non-hydrogen) atoms. The third kappa shape index (κ3) is 6.57. The number of amides is 1. The number of hydrogen-bond donors (Lipinski definition) is 2. The van der Waals surface area contributed by atoms with Crippen LogP contribution in [0.25, 0.3) is 11.4 Å². The number of anilines is 3. The standard InChI is InChI=1S/C32H37N5O3/c1-8-21-11-10-12-22(9-2)28(21)36-29(38)24-18-27(37(7)19-24)26-15-16-33-31(35-26)34-25-14-13-23(17-20(25)3)30(39)40-32(4,5)6/h10-19H,8-9H2,1-7H3,(H,36,38)(H,33,34,35). The molecule has 0 aliphatic heterocycles. The molecule has 0 saturated heterocycles. The van der Waals surface area contributed by atoms with Crippen molar-refractivity contribution in [2.75, 3.05) is 10.6 Å². The first-order valence-corrected chi connectivity index (χ1v) is 13.5. The van der Waals surface area contributed by atoms with Crippen LogP contribution < -0.4 is 10.6 Å². The van der Waals surface area contributed by atoms with Crippen molar-refractivity contribution < 1.29 is 14.3 Å². The van der Waals surface area contributed by atoms with Crippen LogP contribution in [0.1, 0.15) is 72.0 Å². The fraction of sp³-hybridized carbons (Fsp3) is 0.312. The molecule has 2 N–H and O–H groups in total. The minimum absolute atomic E-state index is 0.162. The Morgan fingerprint density at radius 1 is 0.975 bits per heavy atom. The van der Waals surface area contributed by atoms with Crippen LogP contribution in [0.2, 0.25) is 0 Å². The van der Waals surface area contributed by atoms with E-state index in [1.165, 1.54) is 0 Å². The zero-order valence-corrected chi connectivity index (χ0v) is 24.3. The summed E-state index contributed by atoms with van der Waals surface area (Å²) in [5.74, 6) is -0.124. The van der Waals surface area contributed by atoms with E-state index in [1.54, 1.807) is 24.5 Å².